The lowest BCUT2D eigenvalue weighted by Crippen LogP contribution is -2.35. The number of carbonyl (C=O) groups is 2. The first-order valence-electron chi connectivity index (χ1n) is 9.02. The Morgan fingerprint density at radius 1 is 1.15 bits per heavy atom. The number of nitrogens with one attached hydrogen (secondary N) is 1. The van der Waals surface area contributed by atoms with Gasteiger partial charge in [-0.15, -0.1) is 0 Å². The van der Waals surface area contributed by atoms with Crippen molar-refractivity contribution in [3.05, 3.63) is 41.7 Å². The molecular weight excluding hydrogens is 362 g/mol. The summed E-state index contributed by atoms with van der Waals surface area (Å²) in [5, 5.41) is 7.56. The third-order valence-electron chi connectivity index (χ3n) is 3.52. The summed E-state index contributed by atoms with van der Waals surface area (Å²) < 4.78 is 5.05. The van der Waals surface area contributed by atoms with Crippen LogP contribution >= 0.6 is 11.8 Å². The summed E-state index contributed by atoms with van der Waals surface area (Å²) in [7, 11) is 1.77. The molecule has 0 bridgehead atoms. The van der Waals surface area contributed by atoms with Gasteiger partial charge in [0, 0.05) is 10.8 Å². The van der Waals surface area contributed by atoms with Crippen LogP contribution in [0, 0.1) is 5.92 Å². The molecule has 0 unspecified atom stereocenters. The first kappa shape index (κ1) is 23.0. The maximum Gasteiger partial charge on any atom is 0.286 e. The van der Waals surface area contributed by atoms with Crippen molar-refractivity contribution in [2.45, 2.75) is 57.6 Å². The van der Waals surface area contributed by atoms with E-state index in [0.717, 1.165) is 12.0 Å². The molecule has 0 saturated heterocycles. The zero-order valence-electron chi connectivity index (χ0n) is 16.9. The molecule has 1 atom stereocenters. The Labute approximate surface area is 165 Å². The molecular formula is C20H29N3O3S. The number of aromatic nitrogens is 2. The summed E-state index contributed by atoms with van der Waals surface area (Å²) in [5.74, 6) is 0.613. The van der Waals surface area contributed by atoms with Crippen LogP contribution in [-0.2, 0) is 0 Å². The van der Waals surface area contributed by atoms with Crippen LogP contribution in [0.15, 0.2) is 40.1 Å². The number of benzene rings is 1. The smallest absolute Gasteiger partial charge is 0.286 e. The fraction of sp³-hybridized carbons (Fsp3) is 0.500. The highest BCUT2D eigenvalue weighted by molar-refractivity contribution is 7.99. The number of Topliss-reactive ketones (excluding diaryl/α,β-unsaturated/α-hetero) is 2. The second kappa shape index (κ2) is 11.7. The number of nitrogens with zero attached hydrogens (tertiary/aromatic N) is 2. The largest absolute Gasteiger partial charge is 0.327 e. The number of likely N-dealkylation sites (N-methyl/N-ethyl adjacent to an activating group) is 1. The minimum absolute atomic E-state index is 0.106. The monoisotopic (exact) mass is 391 g/mol. The van der Waals surface area contributed by atoms with Gasteiger partial charge in [0.15, 0.2) is 5.78 Å². The number of ketones is 2. The molecule has 7 heteroatoms. The minimum atomic E-state index is -0.250. The number of hydrogen-bond acceptors (Lipinski definition) is 7. The summed E-state index contributed by atoms with van der Waals surface area (Å²) in [6, 6.07) is 8.98. The Morgan fingerprint density at radius 3 is 2.22 bits per heavy atom. The van der Waals surface area contributed by atoms with E-state index < -0.39 is 0 Å². The van der Waals surface area contributed by atoms with Gasteiger partial charge >= 0.3 is 0 Å². The van der Waals surface area contributed by atoms with Crippen LogP contribution in [0.4, 0.5) is 0 Å². The van der Waals surface area contributed by atoms with Gasteiger partial charge in [-0.3, -0.25) is 9.59 Å². The molecule has 0 aliphatic heterocycles. The van der Waals surface area contributed by atoms with Gasteiger partial charge in [0.25, 0.3) is 5.22 Å². The molecule has 1 heterocycles. The Hall–Kier alpha value is -1.99. The lowest BCUT2D eigenvalue weighted by molar-refractivity contribution is 0.0921. The molecule has 1 aromatic carbocycles. The fourth-order valence-corrected chi connectivity index (χ4v) is 2.84. The van der Waals surface area contributed by atoms with Gasteiger partial charge in [-0.1, -0.05) is 74.9 Å². The van der Waals surface area contributed by atoms with E-state index in [9.17, 15) is 9.59 Å². The molecule has 0 radical (unpaired) electrons. The minimum Gasteiger partial charge on any atom is -0.327 e. The van der Waals surface area contributed by atoms with Crippen molar-refractivity contribution in [1.82, 2.24) is 15.5 Å². The standard InChI is InChI=1S/C12H21N3O2S.C8H8O/c1-7(2)6-9(13-5)10(16)11-14-12(17-15-11)18-8(3)4;1-7(9)8-5-3-2-4-6-8/h7-9,13H,6H2,1-5H3;2-6H,1H3/t9-;/m0./s1. The zero-order valence-corrected chi connectivity index (χ0v) is 17.7. The molecule has 2 aromatic rings. The van der Waals surface area contributed by atoms with Crippen LogP contribution < -0.4 is 5.32 Å². The third kappa shape index (κ3) is 8.49. The summed E-state index contributed by atoms with van der Waals surface area (Å²) in [6.07, 6.45) is 0.760. The highest BCUT2D eigenvalue weighted by atomic mass is 32.2. The fourth-order valence-electron chi connectivity index (χ4n) is 2.22. The molecule has 2 rings (SSSR count). The van der Waals surface area contributed by atoms with E-state index in [-0.39, 0.29) is 23.4 Å². The van der Waals surface area contributed by atoms with Crippen LogP contribution in [0.3, 0.4) is 0 Å². The molecule has 0 fully saturated rings. The molecule has 148 valence electrons. The average molecular weight is 392 g/mol. The highest BCUT2D eigenvalue weighted by Gasteiger charge is 2.24. The second-order valence-electron chi connectivity index (χ2n) is 6.81. The predicted octanol–water partition coefficient (Wildman–Crippen LogP) is 4.28. The zero-order chi connectivity index (χ0) is 20.4. The van der Waals surface area contributed by atoms with Crippen molar-refractivity contribution in [2.75, 3.05) is 7.05 Å². The molecule has 27 heavy (non-hydrogen) atoms. The first-order valence-corrected chi connectivity index (χ1v) is 9.90. The molecule has 0 aliphatic carbocycles. The van der Waals surface area contributed by atoms with E-state index in [4.69, 9.17) is 4.52 Å². The van der Waals surface area contributed by atoms with Crippen molar-refractivity contribution in [1.29, 1.82) is 0 Å². The number of thioether (sulfide) groups is 1. The van der Waals surface area contributed by atoms with E-state index >= 15 is 0 Å². The van der Waals surface area contributed by atoms with Gasteiger partial charge in [0.05, 0.1) is 6.04 Å². The lowest BCUT2D eigenvalue weighted by Gasteiger charge is -2.14. The normalized spacial score (nSPS) is 11.9. The van der Waals surface area contributed by atoms with Crippen LogP contribution in [0.2, 0.25) is 0 Å². The molecule has 6 nitrogen and oxygen atoms in total. The number of carbonyl (C=O) groups excluding carboxylic acids is 2. The van der Waals surface area contributed by atoms with E-state index in [1.54, 1.807) is 14.0 Å². The average Bonchev–Trinajstić information content (AvgIpc) is 3.08. The predicted molar refractivity (Wildman–Crippen MR) is 108 cm³/mol. The van der Waals surface area contributed by atoms with Gasteiger partial charge < -0.3 is 9.84 Å². The summed E-state index contributed by atoms with van der Waals surface area (Å²) in [6.45, 7) is 9.79. The lowest BCUT2D eigenvalue weighted by atomic mass is 10.0. The van der Waals surface area contributed by atoms with Gasteiger partial charge in [-0.25, -0.2) is 0 Å². The molecule has 0 saturated carbocycles. The summed E-state index contributed by atoms with van der Waals surface area (Å²) >= 11 is 1.46. The van der Waals surface area contributed by atoms with Gasteiger partial charge in [0.1, 0.15) is 0 Å². The van der Waals surface area contributed by atoms with E-state index in [1.165, 1.54) is 11.8 Å². The first-order chi connectivity index (χ1) is 12.7. The maximum absolute atomic E-state index is 12.2. The highest BCUT2D eigenvalue weighted by Crippen LogP contribution is 2.21. The van der Waals surface area contributed by atoms with E-state index in [1.807, 2.05) is 44.2 Å². The van der Waals surface area contributed by atoms with E-state index in [0.29, 0.717) is 16.4 Å². The molecule has 0 spiro atoms. The van der Waals surface area contributed by atoms with Crippen LogP contribution in [0.5, 0.6) is 0 Å². The molecule has 1 N–H and O–H groups in total. The SMILES string of the molecule is CC(=O)c1ccccc1.CN[C@@H](CC(C)C)C(=O)c1noc(SC(C)C)n1. The van der Waals surface area contributed by atoms with Crippen LogP contribution in [0.1, 0.15) is 62.0 Å². The number of rotatable bonds is 8. The van der Waals surface area contributed by atoms with E-state index in [2.05, 4.69) is 29.3 Å². The topological polar surface area (TPSA) is 85.1 Å². The van der Waals surface area contributed by atoms with Gasteiger partial charge in [-0.05, 0) is 26.3 Å². The number of hydrogen-bond donors (Lipinski definition) is 1. The Balaban J connectivity index is 0.000000337. The van der Waals surface area contributed by atoms with Gasteiger partial charge in [0.2, 0.25) is 11.6 Å². The molecule has 0 amide bonds. The van der Waals surface area contributed by atoms with Crippen molar-refractivity contribution >= 4 is 23.3 Å². The van der Waals surface area contributed by atoms with Crippen LogP contribution in [-0.4, -0.2) is 40.0 Å². The summed E-state index contributed by atoms with van der Waals surface area (Å²) in [4.78, 5) is 26.9. The summed E-state index contributed by atoms with van der Waals surface area (Å²) in [5.41, 5.74) is 0.775. The Morgan fingerprint density at radius 2 is 1.78 bits per heavy atom. The third-order valence-corrected chi connectivity index (χ3v) is 4.36. The Kier molecular flexibility index (Phi) is 9.96. The van der Waals surface area contributed by atoms with Crippen molar-refractivity contribution in [3.63, 3.8) is 0 Å². The quantitative estimate of drug-likeness (QED) is 0.531. The molecule has 0 aliphatic rings. The van der Waals surface area contributed by atoms with Gasteiger partial charge in [-0.2, -0.15) is 4.98 Å². The Bertz CT molecular complexity index is 714. The van der Waals surface area contributed by atoms with Crippen molar-refractivity contribution in [3.8, 4) is 0 Å². The van der Waals surface area contributed by atoms with Crippen LogP contribution in [0.25, 0.3) is 0 Å². The van der Waals surface area contributed by atoms with Crippen molar-refractivity contribution in [2.24, 2.45) is 5.92 Å². The maximum atomic E-state index is 12.2. The molecule has 1 aromatic heterocycles. The van der Waals surface area contributed by atoms with Crippen molar-refractivity contribution < 1.29 is 14.1 Å². The second-order valence-corrected chi connectivity index (χ2v) is 8.34.